The molecule has 2 aromatic carbocycles. The van der Waals surface area contributed by atoms with Gasteiger partial charge in [-0.1, -0.05) is 24.3 Å². The number of nitrogen functional groups attached to an aromatic ring is 1. The van der Waals surface area contributed by atoms with Crippen LogP contribution in [0.3, 0.4) is 0 Å². The molecule has 104 valence electrons. The van der Waals surface area contributed by atoms with Gasteiger partial charge < -0.3 is 5.73 Å². The molecule has 0 bridgehead atoms. The number of hydrogen-bond donors (Lipinski definition) is 1. The highest BCUT2D eigenvalue weighted by Gasteiger charge is 2.15. The number of rotatable bonds is 3. The molecule has 0 radical (unpaired) electrons. The number of imidazole rings is 1. The van der Waals surface area contributed by atoms with Gasteiger partial charge in [-0.2, -0.15) is 0 Å². The van der Waals surface area contributed by atoms with Crippen LogP contribution in [0.1, 0.15) is 15.9 Å². The third-order valence-electron chi connectivity index (χ3n) is 3.16. The first kappa shape index (κ1) is 13.1. The lowest BCUT2D eigenvalue weighted by atomic mass is 10.0. The Hall–Kier alpha value is -2.95. The van der Waals surface area contributed by atoms with Crippen LogP contribution < -0.4 is 5.73 Å². The third-order valence-corrected chi connectivity index (χ3v) is 3.16. The van der Waals surface area contributed by atoms with E-state index in [1.54, 1.807) is 47.3 Å². The molecule has 5 heteroatoms. The van der Waals surface area contributed by atoms with Crippen LogP contribution in [0.2, 0.25) is 0 Å². The molecular formula is C16H12FN3O. The molecule has 0 aliphatic heterocycles. The van der Waals surface area contributed by atoms with Crippen molar-refractivity contribution in [2.24, 2.45) is 0 Å². The number of para-hydroxylation sites is 1. The molecule has 0 fully saturated rings. The Kier molecular flexibility index (Phi) is 3.23. The summed E-state index contributed by atoms with van der Waals surface area (Å²) >= 11 is 0. The lowest BCUT2D eigenvalue weighted by Crippen LogP contribution is -2.09. The molecule has 0 unspecified atom stereocenters. The fourth-order valence-corrected chi connectivity index (χ4v) is 2.18. The Balaban J connectivity index is 2.12. The van der Waals surface area contributed by atoms with Crippen molar-refractivity contribution in [1.82, 2.24) is 9.55 Å². The zero-order valence-corrected chi connectivity index (χ0v) is 11.0. The predicted molar refractivity (Wildman–Crippen MR) is 77.8 cm³/mol. The molecule has 0 saturated carbocycles. The van der Waals surface area contributed by atoms with Gasteiger partial charge in [-0.05, 0) is 24.3 Å². The third kappa shape index (κ3) is 2.41. The number of nitrogens with zero attached hydrogens (tertiary/aromatic N) is 2. The van der Waals surface area contributed by atoms with E-state index in [1.165, 1.54) is 18.2 Å². The van der Waals surface area contributed by atoms with E-state index in [4.69, 9.17) is 5.73 Å². The van der Waals surface area contributed by atoms with Crippen molar-refractivity contribution in [3.05, 3.63) is 77.9 Å². The van der Waals surface area contributed by atoms with Gasteiger partial charge in [-0.25, -0.2) is 9.37 Å². The Morgan fingerprint density at radius 2 is 1.95 bits per heavy atom. The quantitative estimate of drug-likeness (QED) is 0.751. The topological polar surface area (TPSA) is 60.9 Å². The highest BCUT2D eigenvalue weighted by atomic mass is 19.1. The van der Waals surface area contributed by atoms with Crippen molar-refractivity contribution in [3.63, 3.8) is 0 Å². The molecule has 1 aromatic heterocycles. The van der Waals surface area contributed by atoms with Gasteiger partial charge in [-0.3, -0.25) is 9.36 Å². The van der Waals surface area contributed by atoms with Crippen molar-refractivity contribution in [2.75, 3.05) is 5.73 Å². The van der Waals surface area contributed by atoms with Crippen LogP contribution in [0.4, 0.5) is 10.3 Å². The zero-order chi connectivity index (χ0) is 14.8. The summed E-state index contributed by atoms with van der Waals surface area (Å²) in [5.41, 5.74) is 7.13. The van der Waals surface area contributed by atoms with Gasteiger partial charge in [0.05, 0.1) is 5.69 Å². The summed E-state index contributed by atoms with van der Waals surface area (Å²) in [6.07, 6.45) is 3.23. The second-order valence-electron chi connectivity index (χ2n) is 4.51. The number of carbonyl (C=O) groups excluding carboxylic acids is 1. The summed E-state index contributed by atoms with van der Waals surface area (Å²) in [6.45, 7) is 0. The smallest absolute Gasteiger partial charge is 0.204 e. The monoisotopic (exact) mass is 281 g/mol. The maximum atomic E-state index is 13.3. The van der Waals surface area contributed by atoms with Crippen LogP contribution in [0.5, 0.6) is 0 Å². The SMILES string of the molecule is Nc1nccn1-c1ccccc1C(=O)c1cccc(F)c1. The Labute approximate surface area is 120 Å². The first-order valence-corrected chi connectivity index (χ1v) is 6.35. The van der Waals surface area contributed by atoms with Gasteiger partial charge >= 0.3 is 0 Å². The first-order valence-electron chi connectivity index (χ1n) is 6.35. The number of anilines is 1. The van der Waals surface area contributed by atoms with Gasteiger partial charge in [0, 0.05) is 23.5 Å². The van der Waals surface area contributed by atoms with Crippen molar-refractivity contribution in [3.8, 4) is 5.69 Å². The Morgan fingerprint density at radius 3 is 2.67 bits per heavy atom. The maximum Gasteiger partial charge on any atom is 0.204 e. The van der Waals surface area contributed by atoms with Crippen LogP contribution in [0, 0.1) is 5.82 Å². The van der Waals surface area contributed by atoms with Crippen molar-refractivity contribution < 1.29 is 9.18 Å². The van der Waals surface area contributed by atoms with Crippen LogP contribution >= 0.6 is 0 Å². The Bertz CT molecular complexity index is 811. The standard InChI is InChI=1S/C16H12FN3O/c17-12-5-3-4-11(10-12)15(21)13-6-1-2-7-14(13)20-9-8-19-16(20)18/h1-10H,(H2,18,19). The molecule has 2 N–H and O–H groups in total. The van der Waals surface area contributed by atoms with E-state index in [1.807, 2.05) is 0 Å². The number of nitrogens with two attached hydrogens (primary N) is 1. The van der Waals surface area contributed by atoms with Crippen LogP contribution in [0.25, 0.3) is 5.69 Å². The van der Waals surface area contributed by atoms with E-state index < -0.39 is 5.82 Å². The number of halogens is 1. The van der Waals surface area contributed by atoms with Crippen molar-refractivity contribution in [2.45, 2.75) is 0 Å². The molecule has 0 amide bonds. The second kappa shape index (κ2) is 5.20. The number of ketones is 1. The summed E-state index contributed by atoms with van der Waals surface area (Å²) in [6, 6.07) is 12.6. The second-order valence-corrected chi connectivity index (χ2v) is 4.51. The molecule has 0 aliphatic carbocycles. The van der Waals surface area contributed by atoms with E-state index in [2.05, 4.69) is 4.98 Å². The minimum Gasteiger partial charge on any atom is -0.369 e. The molecule has 3 aromatic rings. The van der Waals surface area contributed by atoms with Crippen molar-refractivity contribution in [1.29, 1.82) is 0 Å². The summed E-state index contributed by atoms with van der Waals surface area (Å²) in [5.74, 6) is -0.423. The van der Waals surface area contributed by atoms with E-state index in [9.17, 15) is 9.18 Å². The lowest BCUT2D eigenvalue weighted by Gasteiger charge is -2.10. The normalized spacial score (nSPS) is 10.5. The highest BCUT2D eigenvalue weighted by Crippen LogP contribution is 2.21. The molecule has 0 spiro atoms. The van der Waals surface area contributed by atoms with Gasteiger partial charge in [0.1, 0.15) is 5.82 Å². The lowest BCUT2D eigenvalue weighted by molar-refractivity contribution is 0.103. The molecule has 21 heavy (non-hydrogen) atoms. The summed E-state index contributed by atoms with van der Waals surface area (Å²) in [5, 5.41) is 0. The van der Waals surface area contributed by atoms with E-state index in [0.29, 0.717) is 16.8 Å². The average Bonchev–Trinajstić information content (AvgIpc) is 2.92. The molecule has 4 nitrogen and oxygen atoms in total. The van der Waals surface area contributed by atoms with Gasteiger partial charge in [0.15, 0.2) is 5.78 Å². The van der Waals surface area contributed by atoms with Gasteiger partial charge in [-0.15, -0.1) is 0 Å². The molecule has 0 saturated heterocycles. The molecule has 3 rings (SSSR count). The minimum absolute atomic E-state index is 0.266. The summed E-state index contributed by atoms with van der Waals surface area (Å²) in [4.78, 5) is 16.5. The fraction of sp³-hybridized carbons (Fsp3) is 0. The van der Waals surface area contributed by atoms with Crippen LogP contribution in [0.15, 0.2) is 60.9 Å². The Morgan fingerprint density at radius 1 is 1.14 bits per heavy atom. The molecule has 1 heterocycles. The number of carbonyl (C=O) groups is 1. The van der Waals surface area contributed by atoms with Crippen molar-refractivity contribution >= 4 is 11.7 Å². The van der Waals surface area contributed by atoms with Crippen LogP contribution in [-0.2, 0) is 0 Å². The maximum absolute atomic E-state index is 13.3. The predicted octanol–water partition coefficient (Wildman–Crippen LogP) is 2.82. The molecule has 0 atom stereocenters. The summed E-state index contributed by atoms with van der Waals surface area (Å²) < 4.78 is 14.9. The van der Waals surface area contributed by atoms with Gasteiger partial charge in [0.25, 0.3) is 0 Å². The number of aromatic nitrogens is 2. The average molecular weight is 281 g/mol. The minimum atomic E-state index is -0.444. The van der Waals surface area contributed by atoms with Gasteiger partial charge in [0.2, 0.25) is 5.95 Å². The number of hydrogen-bond acceptors (Lipinski definition) is 3. The fourth-order valence-electron chi connectivity index (χ4n) is 2.18. The zero-order valence-electron chi connectivity index (χ0n) is 11.0. The van der Waals surface area contributed by atoms with E-state index in [-0.39, 0.29) is 11.7 Å². The summed E-state index contributed by atoms with van der Waals surface area (Å²) in [7, 11) is 0. The highest BCUT2D eigenvalue weighted by molar-refractivity contribution is 6.11. The van der Waals surface area contributed by atoms with E-state index in [0.717, 1.165) is 0 Å². The molecular weight excluding hydrogens is 269 g/mol. The van der Waals surface area contributed by atoms with E-state index >= 15 is 0 Å². The number of benzene rings is 2. The largest absolute Gasteiger partial charge is 0.369 e. The molecule has 0 aliphatic rings. The first-order chi connectivity index (χ1) is 10.2. The van der Waals surface area contributed by atoms with Crippen LogP contribution in [-0.4, -0.2) is 15.3 Å².